The van der Waals surface area contributed by atoms with Crippen molar-refractivity contribution in [2.75, 3.05) is 13.7 Å². The van der Waals surface area contributed by atoms with Crippen LogP contribution in [0.1, 0.15) is 36.0 Å². The van der Waals surface area contributed by atoms with Gasteiger partial charge in [0.2, 0.25) is 0 Å². The molecule has 1 aromatic rings. The van der Waals surface area contributed by atoms with Gasteiger partial charge in [-0.3, -0.25) is 4.79 Å². The Balaban J connectivity index is 1.85. The van der Waals surface area contributed by atoms with Gasteiger partial charge in [0.05, 0.1) is 13.2 Å². The molecule has 0 aliphatic heterocycles. The van der Waals surface area contributed by atoms with Crippen LogP contribution in [0.25, 0.3) is 0 Å². The lowest BCUT2D eigenvalue weighted by molar-refractivity contribution is 0.0482. The van der Waals surface area contributed by atoms with Crippen molar-refractivity contribution in [3.8, 4) is 5.75 Å². The van der Waals surface area contributed by atoms with Crippen LogP contribution in [0.4, 0.5) is 0 Å². The number of benzene rings is 1. The first-order chi connectivity index (χ1) is 8.29. The van der Waals surface area contributed by atoms with E-state index in [0.717, 1.165) is 18.6 Å². The summed E-state index contributed by atoms with van der Waals surface area (Å²) in [4.78, 5) is 11.8. The van der Waals surface area contributed by atoms with E-state index in [2.05, 4.69) is 0 Å². The molecular weight excluding hydrogens is 216 g/mol. The third kappa shape index (κ3) is 3.30. The van der Waals surface area contributed by atoms with E-state index in [4.69, 9.17) is 9.47 Å². The largest absolute Gasteiger partial charge is 0.497 e. The Morgan fingerprint density at radius 3 is 2.47 bits per heavy atom. The van der Waals surface area contributed by atoms with Crippen molar-refractivity contribution in [1.82, 2.24) is 0 Å². The maximum Gasteiger partial charge on any atom is 0.188 e. The summed E-state index contributed by atoms with van der Waals surface area (Å²) in [5, 5.41) is 0. The molecule has 0 unspecified atom stereocenters. The number of hydrogen-bond donors (Lipinski definition) is 0. The highest BCUT2D eigenvalue weighted by Crippen LogP contribution is 2.21. The number of carbonyl (C=O) groups is 1. The lowest BCUT2D eigenvalue weighted by Crippen LogP contribution is -2.15. The fraction of sp³-hybridized carbons (Fsp3) is 0.500. The zero-order chi connectivity index (χ0) is 12.1. The van der Waals surface area contributed by atoms with Gasteiger partial charge >= 0.3 is 0 Å². The molecule has 1 fully saturated rings. The summed E-state index contributed by atoms with van der Waals surface area (Å²) in [6.45, 7) is 0.191. The topological polar surface area (TPSA) is 35.5 Å². The molecule has 3 nitrogen and oxygen atoms in total. The number of carbonyl (C=O) groups excluding carboxylic acids is 1. The SMILES string of the molecule is COc1ccc(C(=O)COC2CCCC2)cc1. The molecule has 1 aliphatic rings. The number of hydrogen-bond acceptors (Lipinski definition) is 3. The maximum atomic E-state index is 11.8. The Kier molecular flexibility index (Phi) is 4.15. The van der Waals surface area contributed by atoms with Crippen molar-refractivity contribution in [3.05, 3.63) is 29.8 Å². The molecule has 0 atom stereocenters. The molecule has 0 amide bonds. The van der Waals surface area contributed by atoms with E-state index in [0.29, 0.717) is 5.56 Å². The summed E-state index contributed by atoms with van der Waals surface area (Å²) in [6.07, 6.45) is 4.92. The fourth-order valence-electron chi connectivity index (χ4n) is 2.11. The third-order valence-electron chi connectivity index (χ3n) is 3.16. The Labute approximate surface area is 102 Å². The summed E-state index contributed by atoms with van der Waals surface area (Å²) >= 11 is 0. The first-order valence-electron chi connectivity index (χ1n) is 6.08. The molecule has 1 aromatic carbocycles. The number of ketones is 1. The van der Waals surface area contributed by atoms with Crippen LogP contribution in [0.3, 0.4) is 0 Å². The van der Waals surface area contributed by atoms with Crippen LogP contribution in [0, 0.1) is 0 Å². The molecule has 0 heterocycles. The summed E-state index contributed by atoms with van der Waals surface area (Å²) < 4.78 is 10.6. The average Bonchev–Trinajstić information content (AvgIpc) is 2.89. The van der Waals surface area contributed by atoms with E-state index in [9.17, 15) is 4.79 Å². The van der Waals surface area contributed by atoms with Gasteiger partial charge in [0, 0.05) is 5.56 Å². The molecule has 0 bridgehead atoms. The number of methoxy groups -OCH3 is 1. The number of rotatable bonds is 5. The highest BCUT2D eigenvalue weighted by molar-refractivity contribution is 5.97. The Hall–Kier alpha value is -1.35. The van der Waals surface area contributed by atoms with E-state index in [1.54, 1.807) is 31.4 Å². The van der Waals surface area contributed by atoms with E-state index < -0.39 is 0 Å². The quantitative estimate of drug-likeness (QED) is 0.735. The highest BCUT2D eigenvalue weighted by Gasteiger charge is 2.17. The van der Waals surface area contributed by atoms with Crippen molar-refractivity contribution >= 4 is 5.78 Å². The second-order valence-corrected chi connectivity index (χ2v) is 4.37. The normalized spacial score (nSPS) is 16.1. The van der Waals surface area contributed by atoms with E-state index in [1.807, 2.05) is 0 Å². The van der Waals surface area contributed by atoms with Crippen LogP contribution >= 0.6 is 0 Å². The van der Waals surface area contributed by atoms with Crippen LogP contribution in [0.15, 0.2) is 24.3 Å². The molecule has 92 valence electrons. The Morgan fingerprint density at radius 1 is 1.24 bits per heavy atom. The lowest BCUT2D eigenvalue weighted by Gasteiger charge is -2.10. The summed E-state index contributed by atoms with van der Waals surface area (Å²) in [5.41, 5.74) is 0.684. The third-order valence-corrected chi connectivity index (χ3v) is 3.16. The molecule has 1 aliphatic carbocycles. The minimum atomic E-state index is 0.0413. The summed E-state index contributed by atoms with van der Waals surface area (Å²) in [7, 11) is 1.61. The Morgan fingerprint density at radius 2 is 1.88 bits per heavy atom. The molecule has 17 heavy (non-hydrogen) atoms. The smallest absolute Gasteiger partial charge is 0.188 e. The van der Waals surface area contributed by atoms with Gasteiger partial charge in [-0.1, -0.05) is 12.8 Å². The van der Waals surface area contributed by atoms with Crippen LogP contribution in [0.2, 0.25) is 0 Å². The summed E-state index contributed by atoms with van der Waals surface area (Å²) in [5.74, 6) is 0.804. The predicted molar refractivity (Wildman–Crippen MR) is 65.5 cm³/mol. The van der Waals surface area contributed by atoms with Gasteiger partial charge in [0.25, 0.3) is 0 Å². The molecule has 3 heteroatoms. The fourth-order valence-corrected chi connectivity index (χ4v) is 2.11. The lowest BCUT2D eigenvalue weighted by atomic mass is 10.1. The minimum absolute atomic E-state index is 0.0413. The van der Waals surface area contributed by atoms with Gasteiger partial charge in [-0.25, -0.2) is 0 Å². The summed E-state index contributed by atoms with van der Waals surface area (Å²) in [6, 6.07) is 7.14. The molecule has 1 saturated carbocycles. The van der Waals surface area contributed by atoms with Gasteiger partial charge in [0.15, 0.2) is 5.78 Å². The predicted octanol–water partition coefficient (Wildman–Crippen LogP) is 2.84. The standard InChI is InChI=1S/C14H18O3/c1-16-12-8-6-11(7-9-12)14(15)10-17-13-4-2-3-5-13/h6-9,13H,2-5,10H2,1H3. The zero-order valence-corrected chi connectivity index (χ0v) is 10.1. The van der Waals surface area contributed by atoms with Gasteiger partial charge < -0.3 is 9.47 Å². The minimum Gasteiger partial charge on any atom is -0.497 e. The highest BCUT2D eigenvalue weighted by atomic mass is 16.5. The molecule has 0 saturated heterocycles. The first-order valence-corrected chi connectivity index (χ1v) is 6.08. The van der Waals surface area contributed by atoms with Gasteiger partial charge in [-0.15, -0.1) is 0 Å². The van der Waals surface area contributed by atoms with Crippen LogP contribution < -0.4 is 4.74 Å². The zero-order valence-electron chi connectivity index (χ0n) is 10.1. The van der Waals surface area contributed by atoms with Crippen molar-refractivity contribution in [3.63, 3.8) is 0 Å². The number of Topliss-reactive ketones (excluding diaryl/α,β-unsaturated/α-hetero) is 1. The van der Waals surface area contributed by atoms with Crippen molar-refractivity contribution in [2.45, 2.75) is 31.8 Å². The van der Waals surface area contributed by atoms with Crippen molar-refractivity contribution < 1.29 is 14.3 Å². The Bertz CT molecular complexity index is 364. The molecule has 0 radical (unpaired) electrons. The monoisotopic (exact) mass is 234 g/mol. The van der Waals surface area contributed by atoms with Crippen molar-refractivity contribution in [1.29, 1.82) is 0 Å². The molecular formula is C14H18O3. The van der Waals surface area contributed by atoms with Crippen molar-refractivity contribution in [2.24, 2.45) is 0 Å². The van der Waals surface area contributed by atoms with Crippen LogP contribution in [0.5, 0.6) is 5.75 Å². The van der Waals surface area contributed by atoms with Gasteiger partial charge in [0.1, 0.15) is 12.4 Å². The van der Waals surface area contributed by atoms with Crippen LogP contribution in [-0.4, -0.2) is 25.6 Å². The first kappa shape index (κ1) is 12.1. The molecule has 0 aromatic heterocycles. The molecule has 0 spiro atoms. The second kappa shape index (κ2) is 5.82. The van der Waals surface area contributed by atoms with Crippen LogP contribution in [-0.2, 0) is 4.74 Å². The van der Waals surface area contributed by atoms with E-state index >= 15 is 0 Å². The maximum absolute atomic E-state index is 11.8. The van der Waals surface area contributed by atoms with Gasteiger partial charge in [-0.05, 0) is 37.1 Å². The van der Waals surface area contributed by atoms with E-state index in [1.165, 1.54) is 12.8 Å². The molecule has 2 rings (SSSR count). The average molecular weight is 234 g/mol. The number of ether oxygens (including phenoxy) is 2. The van der Waals surface area contributed by atoms with Gasteiger partial charge in [-0.2, -0.15) is 0 Å². The second-order valence-electron chi connectivity index (χ2n) is 4.37. The molecule has 0 N–H and O–H groups in total. The van der Waals surface area contributed by atoms with E-state index in [-0.39, 0.29) is 18.5 Å².